The minimum atomic E-state index is 0.157. The van der Waals surface area contributed by atoms with Crippen molar-refractivity contribution in [1.82, 2.24) is 10.2 Å². The fourth-order valence-electron chi connectivity index (χ4n) is 3.64. The van der Waals surface area contributed by atoms with E-state index in [-0.39, 0.29) is 5.92 Å². The molecule has 3 rings (SSSR count). The molecule has 0 spiro atoms. The third kappa shape index (κ3) is 5.52. The Morgan fingerprint density at radius 1 is 1.00 bits per heavy atom. The van der Waals surface area contributed by atoms with Crippen molar-refractivity contribution in [2.24, 2.45) is 11.8 Å². The highest BCUT2D eigenvalue weighted by Gasteiger charge is 2.27. The van der Waals surface area contributed by atoms with E-state index >= 15 is 0 Å². The van der Waals surface area contributed by atoms with Crippen LogP contribution in [0.25, 0.3) is 0 Å². The number of nitrogens with zero attached hydrogens (tertiary/aromatic N) is 1. The average molecular weight is 336 g/mol. The van der Waals surface area contributed by atoms with E-state index in [4.69, 9.17) is 0 Å². The molecule has 132 valence electrons. The molecule has 2 unspecified atom stereocenters. The molecule has 1 heterocycles. The van der Waals surface area contributed by atoms with Crippen molar-refractivity contribution in [3.63, 3.8) is 0 Å². The molecule has 0 aromatic heterocycles. The van der Waals surface area contributed by atoms with Crippen molar-refractivity contribution < 1.29 is 4.79 Å². The molecular formula is C22H28N2O. The van der Waals surface area contributed by atoms with E-state index in [9.17, 15) is 4.79 Å². The van der Waals surface area contributed by atoms with Gasteiger partial charge in [0.05, 0.1) is 6.54 Å². The first-order valence-corrected chi connectivity index (χ1v) is 9.24. The second-order valence-corrected chi connectivity index (χ2v) is 7.24. The number of nitrogens with one attached hydrogen (secondary N) is 1. The Morgan fingerprint density at radius 2 is 1.64 bits per heavy atom. The lowest BCUT2D eigenvalue weighted by atomic mass is 9.94. The summed E-state index contributed by atoms with van der Waals surface area (Å²) in [5, 5.41) is 3.58. The Labute approximate surface area is 151 Å². The van der Waals surface area contributed by atoms with Crippen LogP contribution in [0.4, 0.5) is 0 Å². The molecule has 3 nitrogen and oxygen atoms in total. The average Bonchev–Trinajstić information content (AvgIpc) is 2.75. The van der Waals surface area contributed by atoms with Crippen molar-refractivity contribution in [1.29, 1.82) is 0 Å². The first kappa shape index (κ1) is 17.8. The molecule has 0 radical (unpaired) electrons. The van der Waals surface area contributed by atoms with Gasteiger partial charge in [-0.3, -0.25) is 9.69 Å². The molecule has 2 aromatic rings. The number of hydrogen-bond donors (Lipinski definition) is 1. The zero-order valence-electron chi connectivity index (χ0n) is 15.0. The number of Topliss-reactive ketones (excluding diaryl/α,β-unsaturated/α-hetero) is 1. The molecule has 1 fully saturated rings. The van der Waals surface area contributed by atoms with E-state index < -0.39 is 0 Å². The maximum Gasteiger partial charge on any atom is 0.149 e. The van der Waals surface area contributed by atoms with Crippen LogP contribution in [0.1, 0.15) is 24.5 Å². The summed E-state index contributed by atoms with van der Waals surface area (Å²) in [5.74, 6) is 1.04. The molecule has 3 heteroatoms. The number of hydrogen-bond acceptors (Lipinski definition) is 3. The molecule has 0 aliphatic carbocycles. The lowest BCUT2D eigenvalue weighted by molar-refractivity contribution is -0.122. The molecule has 1 aliphatic heterocycles. The number of likely N-dealkylation sites (tertiary alicyclic amines) is 1. The quantitative estimate of drug-likeness (QED) is 0.876. The van der Waals surface area contributed by atoms with Gasteiger partial charge in [-0.05, 0) is 30.0 Å². The SMILES string of the molecule is CC1CC(CNCc2ccccc2)CN(Cc2ccccc2)CC1=O. The van der Waals surface area contributed by atoms with Crippen LogP contribution in [0, 0.1) is 11.8 Å². The maximum absolute atomic E-state index is 12.4. The van der Waals surface area contributed by atoms with Crippen LogP contribution in [0.15, 0.2) is 60.7 Å². The summed E-state index contributed by atoms with van der Waals surface area (Å²) in [6.07, 6.45) is 0.978. The van der Waals surface area contributed by atoms with Gasteiger partial charge >= 0.3 is 0 Å². The number of carbonyl (C=O) groups is 1. The topological polar surface area (TPSA) is 32.3 Å². The van der Waals surface area contributed by atoms with Crippen molar-refractivity contribution in [2.75, 3.05) is 19.6 Å². The Kier molecular flexibility index (Phi) is 6.37. The maximum atomic E-state index is 12.4. The largest absolute Gasteiger partial charge is 0.312 e. The van der Waals surface area contributed by atoms with E-state index in [1.165, 1.54) is 11.1 Å². The summed E-state index contributed by atoms with van der Waals surface area (Å²) >= 11 is 0. The smallest absolute Gasteiger partial charge is 0.149 e. The highest BCUT2D eigenvalue weighted by atomic mass is 16.1. The molecule has 2 aromatic carbocycles. The number of benzene rings is 2. The van der Waals surface area contributed by atoms with Gasteiger partial charge in [-0.1, -0.05) is 67.6 Å². The van der Waals surface area contributed by atoms with Crippen LogP contribution in [0.5, 0.6) is 0 Å². The molecular weight excluding hydrogens is 308 g/mol. The monoisotopic (exact) mass is 336 g/mol. The zero-order chi connectivity index (χ0) is 17.5. The standard InChI is InChI=1S/C22H28N2O/c1-18-12-21(14-23-13-19-8-4-2-5-9-19)16-24(17-22(18)25)15-20-10-6-3-7-11-20/h2-11,18,21,23H,12-17H2,1H3. The third-order valence-electron chi connectivity index (χ3n) is 4.99. The number of carbonyl (C=O) groups excluding carboxylic acids is 1. The molecule has 0 bridgehead atoms. The Bertz CT molecular complexity index is 656. The molecule has 1 N–H and O–H groups in total. The van der Waals surface area contributed by atoms with Gasteiger partial charge in [-0.25, -0.2) is 0 Å². The molecule has 1 saturated heterocycles. The third-order valence-corrected chi connectivity index (χ3v) is 4.99. The first-order chi connectivity index (χ1) is 12.2. The van der Waals surface area contributed by atoms with Gasteiger partial charge < -0.3 is 5.32 Å². The Morgan fingerprint density at radius 3 is 2.32 bits per heavy atom. The van der Waals surface area contributed by atoms with Gasteiger partial charge in [0, 0.05) is 25.6 Å². The first-order valence-electron chi connectivity index (χ1n) is 9.24. The van der Waals surface area contributed by atoms with Crippen molar-refractivity contribution >= 4 is 5.78 Å². The molecule has 2 atom stereocenters. The van der Waals surface area contributed by atoms with Crippen LogP contribution >= 0.6 is 0 Å². The summed E-state index contributed by atoms with van der Waals surface area (Å²) in [7, 11) is 0. The van der Waals surface area contributed by atoms with Crippen molar-refractivity contribution in [3.8, 4) is 0 Å². The predicted molar refractivity (Wildman–Crippen MR) is 102 cm³/mol. The summed E-state index contributed by atoms with van der Waals surface area (Å²) < 4.78 is 0. The molecule has 0 amide bonds. The Balaban J connectivity index is 1.57. The van der Waals surface area contributed by atoms with E-state index in [1.807, 2.05) is 12.1 Å². The zero-order valence-corrected chi connectivity index (χ0v) is 15.0. The Hall–Kier alpha value is -1.97. The summed E-state index contributed by atoms with van der Waals surface area (Å²) in [5.41, 5.74) is 2.59. The lowest BCUT2D eigenvalue weighted by Gasteiger charge is -2.24. The van der Waals surface area contributed by atoms with Gasteiger partial charge in [-0.15, -0.1) is 0 Å². The van der Waals surface area contributed by atoms with Gasteiger partial charge in [0.25, 0.3) is 0 Å². The van der Waals surface area contributed by atoms with Gasteiger partial charge in [0.1, 0.15) is 5.78 Å². The highest BCUT2D eigenvalue weighted by Crippen LogP contribution is 2.21. The van der Waals surface area contributed by atoms with Gasteiger partial charge in [0.2, 0.25) is 0 Å². The van der Waals surface area contributed by atoms with Crippen molar-refractivity contribution in [3.05, 3.63) is 71.8 Å². The van der Waals surface area contributed by atoms with Crippen LogP contribution in [-0.4, -0.2) is 30.3 Å². The van der Waals surface area contributed by atoms with Crippen LogP contribution < -0.4 is 5.32 Å². The number of rotatable bonds is 6. The fraction of sp³-hybridized carbons (Fsp3) is 0.409. The van der Waals surface area contributed by atoms with Gasteiger partial charge in [0.15, 0.2) is 0 Å². The minimum absolute atomic E-state index is 0.157. The molecule has 0 saturated carbocycles. The second kappa shape index (κ2) is 8.93. The second-order valence-electron chi connectivity index (χ2n) is 7.24. The predicted octanol–water partition coefficient (Wildman–Crippen LogP) is 3.50. The molecule has 25 heavy (non-hydrogen) atoms. The van der Waals surface area contributed by atoms with Crippen LogP contribution in [0.3, 0.4) is 0 Å². The van der Waals surface area contributed by atoms with E-state index in [2.05, 4.69) is 65.7 Å². The fourth-order valence-corrected chi connectivity index (χ4v) is 3.64. The summed E-state index contributed by atoms with van der Waals surface area (Å²) in [6.45, 7) is 6.33. The lowest BCUT2D eigenvalue weighted by Crippen LogP contribution is -2.34. The van der Waals surface area contributed by atoms with Gasteiger partial charge in [-0.2, -0.15) is 0 Å². The van der Waals surface area contributed by atoms with E-state index in [1.54, 1.807) is 0 Å². The number of ketones is 1. The highest BCUT2D eigenvalue weighted by molar-refractivity contribution is 5.82. The van der Waals surface area contributed by atoms with Crippen molar-refractivity contribution in [2.45, 2.75) is 26.4 Å². The summed E-state index contributed by atoms with van der Waals surface area (Å²) in [6, 6.07) is 20.9. The summed E-state index contributed by atoms with van der Waals surface area (Å²) in [4.78, 5) is 14.7. The normalized spacial score (nSPS) is 21.9. The van der Waals surface area contributed by atoms with Crippen LogP contribution in [0.2, 0.25) is 0 Å². The van der Waals surface area contributed by atoms with E-state index in [0.717, 1.165) is 32.6 Å². The minimum Gasteiger partial charge on any atom is -0.312 e. The van der Waals surface area contributed by atoms with Crippen LogP contribution in [-0.2, 0) is 17.9 Å². The molecule has 1 aliphatic rings. The van der Waals surface area contributed by atoms with E-state index in [0.29, 0.717) is 18.2 Å².